The van der Waals surface area contributed by atoms with Crippen LogP contribution in [0.5, 0.6) is 5.75 Å². The van der Waals surface area contributed by atoms with Crippen LogP contribution in [0, 0.1) is 0 Å². The van der Waals surface area contributed by atoms with Gasteiger partial charge in [0, 0.05) is 0 Å². The number of fused-ring (bicyclic) bond motifs is 1. The Morgan fingerprint density at radius 3 is 3.06 bits per heavy atom. The largest absolute Gasteiger partial charge is 0.494 e. The first kappa shape index (κ1) is 12.8. The summed E-state index contributed by atoms with van der Waals surface area (Å²) in [6.07, 6.45) is -1.05. The minimum Gasteiger partial charge on any atom is -0.494 e. The van der Waals surface area contributed by atoms with Gasteiger partial charge in [-0.05, 0) is 32.0 Å². The Kier molecular flexibility index (Phi) is 3.78. The Hall–Kier alpha value is -1.66. The standard InChI is InChI=1S/C12H14N2O3S/c1-3-17-8-4-5-9-10(6-8)18-12(13-9)14-11(16)7(2)15/h4-7,15H,3H2,1-2H3,(H,13,14,16). The summed E-state index contributed by atoms with van der Waals surface area (Å²) in [4.78, 5) is 15.6. The number of carbonyl (C=O) groups excluding carboxylic acids is 1. The smallest absolute Gasteiger partial charge is 0.254 e. The van der Waals surface area contributed by atoms with Gasteiger partial charge in [0.05, 0.1) is 16.8 Å². The lowest BCUT2D eigenvalue weighted by atomic mass is 10.3. The van der Waals surface area contributed by atoms with E-state index in [1.165, 1.54) is 18.3 Å². The molecule has 2 N–H and O–H groups in total. The van der Waals surface area contributed by atoms with Gasteiger partial charge in [-0.15, -0.1) is 0 Å². The van der Waals surface area contributed by atoms with Gasteiger partial charge >= 0.3 is 0 Å². The average molecular weight is 266 g/mol. The number of ether oxygens (including phenoxy) is 1. The van der Waals surface area contributed by atoms with E-state index >= 15 is 0 Å². The van der Waals surface area contributed by atoms with Crippen LogP contribution in [-0.2, 0) is 4.79 Å². The molecular weight excluding hydrogens is 252 g/mol. The molecule has 0 saturated carbocycles. The topological polar surface area (TPSA) is 71.5 Å². The van der Waals surface area contributed by atoms with Crippen LogP contribution in [0.15, 0.2) is 18.2 Å². The molecule has 1 amide bonds. The highest BCUT2D eigenvalue weighted by molar-refractivity contribution is 7.22. The number of hydrogen-bond donors (Lipinski definition) is 2. The van der Waals surface area contributed by atoms with Gasteiger partial charge in [-0.1, -0.05) is 11.3 Å². The van der Waals surface area contributed by atoms with Crippen LogP contribution in [0.3, 0.4) is 0 Å². The van der Waals surface area contributed by atoms with Crippen molar-refractivity contribution in [2.75, 3.05) is 11.9 Å². The first-order chi connectivity index (χ1) is 8.60. The zero-order chi connectivity index (χ0) is 13.1. The van der Waals surface area contributed by atoms with E-state index in [-0.39, 0.29) is 0 Å². The Morgan fingerprint density at radius 2 is 2.39 bits per heavy atom. The highest BCUT2D eigenvalue weighted by Gasteiger charge is 2.12. The number of aliphatic hydroxyl groups is 1. The SMILES string of the molecule is CCOc1ccc2nc(NC(=O)C(C)O)sc2c1. The van der Waals surface area contributed by atoms with Crippen molar-refractivity contribution in [3.05, 3.63) is 18.2 Å². The molecule has 0 radical (unpaired) electrons. The van der Waals surface area contributed by atoms with E-state index in [2.05, 4.69) is 10.3 Å². The second kappa shape index (κ2) is 5.32. The number of aliphatic hydroxyl groups excluding tert-OH is 1. The summed E-state index contributed by atoms with van der Waals surface area (Å²) in [5.74, 6) is 0.321. The number of nitrogens with one attached hydrogen (secondary N) is 1. The van der Waals surface area contributed by atoms with Crippen molar-refractivity contribution in [1.29, 1.82) is 0 Å². The molecule has 2 aromatic rings. The molecule has 0 aliphatic carbocycles. The second-order valence-electron chi connectivity index (χ2n) is 3.75. The summed E-state index contributed by atoms with van der Waals surface area (Å²) >= 11 is 1.35. The fraction of sp³-hybridized carbons (Fsp3) is 0.333. The molecule has 0 aliphatic heterocycles. The highest BCUT2D eigenvalue weighted by Crippen LogP contribution is 2.29. The molecule has 2 rings (SSSR count). The van der Waals surface area contributed by atoms with E-state index in [4.69, 9.17) is 9.84 Å². The second-order valence-corrected chi connectivity index (χ2v) is 4.78. The summed E-state index contributed by atoms with van der Waals surface area (Å²) in [7, 11) is 0. The number of thiazole rings is 1. The lowest BCUT2D eigenvalue weighted by Crippen LogP contribution is -2.24. The maximum absolute atomic E-state index is 11.3. The van der Waals surface area contributed by atoms with Crippen molar-refractivity contribution in [2.45, 2.75) is 20.0 Å². The van der Waals surface area contributed by atoms with E-state index in [1.807, 2.05) is 25.1 Å². The molecule has 1 heterocycles. The minimum absolute atomic E-state index is 0.459. The molecule has 18 heavy (non-hydrogen) atoms. The van der Waals surface area contributed by atoms with Crippen LogP contribution in [0.25, 0.3) is 10.2 Å². The van der Waals surface area contributed by atoms with Gasteiger partial charge in [-0.2, -0.15) is 0 Å². The van der Waals surface area contributed by atoms with E-state index in [1.54, 1.807) is 0 Å². The van der Waals surface area contributed by atoms with E-state index in [9.17, 15) is 4.79 Å². The number of aromatic nitrogens is 1. The Labute approximate surface area is 108 Å². The van der Waals surface area contributed by atoms with Gasteiger partial charge in [-0.25, -0.2) is 4.98 Å². The monoisotopic (exact) mass is 266 g/mol. The van der Waals surface area contributed by atoms with Crippen LogP contribution in [0.4, 0.5) is 5.13 Å². The lowest BCUT2D eigenvalue weighted by Gasteiger charge is -2.02. The maximum Gasteiger partial charge on any atom is 0.254 e. The minimum atomic E-state index is -1.05. The third-order valence-corrected chi connectivity index (χ3v) is 3.21. The summed E-state index contributed by atoms with van der Waals surface area (Å²) in [5.41, 5.74) is 0.796. The molecule has 6 heteroatoms. The van der Waals surface area contributed by atoms with Crippen molar-refractivity contribution < 1.29 is 14.6 Å². The first-order valence-corrected chi connectivity index (χ1v) is 6.44. The zero-order valence-electron chi connectivity index (χ0n) is 10.1. The number of benzene rings is 1. The van der Waals surface area contributed by atoms with Crippen molar-refractivity contribution in [3.8, 4) is 5.75 Å². The molecule has 0 bridgehead atoms. The molecule has 0 saturated heterocycles. The van der Waals surface area contributed by atoms with E-state index in [0.29, 0.717) is 11.7 Å². The first-order valence-electron chi connectivity index (χ1n) is 5.62. The normalized spacial score (nSPS) is 12.4. The van der Waals surface area contributed by atoms with E-state index < -0.39 is 12.0 Å². The van der Waals surface area contributed by atoms with Crippen LogP contribution in [0.1, 0.15) is 13.8 Å². The van der Waals surface area contributed by atoms with Crippen LogP contribution in [0.2, 0.25) is 0 Å². The predicted octanol–water partition coefficient (Wildman–Crippen LogP) is 2.01. The maximum atomic E-state index is 11.3. The average Bonchev–Trinajstić information content (AvgIpc) is 2.70. The number of anilines is 1. The fourth-order valence-corrected chi connectivity index (χ4v) is 2.32. The summed E-state index contributed by atoms with van der Waals surface area (Å²) < 4.78 is 6.33. The molecule has 96 valence electrons. The van der Waals surface area contributed by atoms with Gasteiger partial charge in [0.15, 0.2) is 5.13 Å². The van der Waals surface area contributed by atoms with Crippen LogP contribution in [-0.4, -0.2) is 28.7 Å². The summed E-state index contributed by atoms with van der Waals surface area (Å²) in [6, 6.07) is 5.56. The van der Waals surface area contributed by atoms with Gasteiger partial charge in [0.2, 0.25) is 0 Å². The van der Waals surface area contributed by atoms with Gasteiger partial charge in [-0.3, -0.25) is 10.1 Å². The number of nitrogens with zero attached hydrogens (tertiary/aromatic N) is 1. The van der Waals surface area contributed by atoms with Gasteiger partial charge < -0.3 is 9.84 Å². The molecule has 0 spiro atoms. The number of carbonyl (C=O) groups is 1. The van der Waals surface area contributed by atoms with Crippen molar-refractivity contribution in [3.63, 3.8) is 0 Å². The third kappa shape index (κ3) is 2.77. The zero-order valence-corrected chi connectivity index (χ0v) is 11.0. The quantitative estimate of drug-likeness (QED) is 0.888. The molecule has 1 aromatic carbocycles. The lowest BCUT2D eigenvalue weighted by molar-refractivity contribution is -0.123. The molecule has 1 unspecified atom stereocenters. The predicted molar refractivity (Wildman–Crippen MR) is 71.1 cm³/mol. The van der Waals surface area contributed by atoms with Crippen molar-refractivity contribution in [1.82, 2.24) is 4.98 Å². The number of rotatable bonds is 4. The number of amides is 1. The van der Waals surface area contributed by atoms with E-state index in [0.717, 1.165) is 16.0 Å². The van der Waals surface area contributed by atoms with Gasteiger partial charge in [0.1, 0.15) is 11.9 Å². The fourth-order valence-electron chi connectivity index (χ4n) is 1.42. The summed E-state index contributed by atoms with van der Waals surface area (Å²) in [5, 5.41) is 12.2. The van der Waals surface area contributed by atoms with Crippen molar-refractivity contribution in [2.24, 2.45) is 0 Å². The molecule has 0 aliphatic rings. The summed E-state index contributed by atoms with van der Waals surface area (Å²) in [6.45, 7) is 3.94. The molecule has 0 fully saturated rings. The van der Waals surface area contributed by atoms with Crippen LogP contribution < -0.4 is 10.1 Å². The highest BCUT2D eigenvalue weighted by atomic mass is 32.1. The third-order valence-electron chi connectivity index (χ3n) is 2.28. The Balaban J connectivity index is 2.24. The molecule has 5 nitrogen and oxygen atoms in total. The van der Waals surface area contributed by atoms with Crippen molar-refractivity contribution >= 4 is 32.6 Å². The van der Waals surface area contributed by atoms with Gasteiger partial charge in [0.25, 0.3) is 5.91 Å². The number of hydrogen-bond acceptors (Lipinski definition) is 5. The Morgan fingerprint density at radius 1 is 1.61 bits per heavy atom. The van der Waals surface area contributed by atoms with Crippen LogP contribution >= 0.6 is 11.3 Å². The Bertz CT molecular complexity index is 565. The molecule has 1 atom stereocenters. The molecule has 1 aromatic heterocycles. The molecular formula is C12H14N2O3S.